The van der Waals surface area contributed by atoms with E-state index in [4.69, 9.17) is 9.97 Å². The number of pyridine rings is 3. The third kappa shape index (κ3) is 6.50. The number of benzene rings is 2. The number of hydrogen-bond donors (Lipinski definition) is 1. The van der Waals surface area contributed by atoms with Crippen molar-refractivity contribution < 1.29 is 0 Å². The molecule has 0 atom stereocenters. The molecule has 1 aliphatic rings. The number of nitrogens with one attached hydrogen (secondary N) is 1. The minimum Gasteiger partial charge on any atom is -0.348 e. The summed E-state index contributed by atoms with van der Waals surface area (Å²) in [5.41, 5.74) is 8.52. The van der Waals surface area contributed by atoms with Crippen molar-refractivity contribution in [3.05, 3.63) is 131 Å². The number of aromatic nitrogens is 3. The summed E-state index contributed by atoms with van der Waals surface area (Å²) >= 11 is 0. The van der Waals surface area contributed by atoms with Crippen LogP contribution >= 0.6 is 0 Å². The van der Waals surface area contributed by atoms with Gasteiger partial charge in [-0.25, -0.2) is 4.98 Å². The monoisotopic (exact) mass is 513 g/mol. The van der Waals surface area contributed by atoms with Crippen LogP contribution in [-0.2, 0) is 39.0 Å². The summed E-state index contributed by atoms with van der Waals surface area (Å²) in [5, 5.41) is 4.67. The second-order valence-corrected chi connectivity index (χ2v) is 10.5. The average molecular weight is 514 g/mol. The van der Waals surface area contributed by atoms with Gasteiger partial charge in [-0.1, -0.05) is 61.0 Å². The van der Waals surface area contributed by atoms with E-state index >= 15 is 0 Å². The first-order valence-corrected chi connectivity index (χ1v) is 14.1. The van der Waals surface area contributed by atoms with Crippen LogP contribution < -0.4 is 10.2 Å². The second-order valence-electron chi connectivity index (χ2n) is 10.5. The van der Waals surface area contributed by atoms with Crippen LogP contribution in [0.2, 0.25) is 0 Å². The van der Waals surface area contributed by atoms with E-state index in [0.29, 0.717) is 0 Å². The summed E-state index contributed by atoms with van der Waals surface area (Å²) in [6.07, 6.45) is 9.86. The standard InChI is InChI=1S/C34H35N5/c1-2-8-29-17-18-34(38-33(29)12-3-1)39(25-28-20-30-9-4-5-11-32(30)37-22-28)24-27-15-13-26(14-16-27)21-35-23-31-10-6-7-19-36-31/h4-7,9-11,13-20,22,35H,1-3,8,12,21,23-25H2. The molecule has 2 aromatic carbocycles. The molecular formula is C34H35N5. The number of hydrogen-bond acceptors (Lipinski definition) is 5. The lowest BCUT2D eigenvalue weighted by Crippen LogP contribution is -2.24. The van der Waals surface area contributed by atoms with Crippen LogP contribution in [0.15, 0.2) is 97.3 Å². The second kappa shape index (κ2) is 12.2. The van der Waals surface area contributed by atoms with Crippen molar-refractivity contribution in [1.82, 2.24) is 20.3 Å². The maximum atomic E-state index is 5.20. The minimum atomic E-state index is 0.761. The largest absolute Gasteiger partial charge is 0.348 e. The number of para-hydroxylation sites is 1. The van der Waals surface area contributed by atoms with Gasteiger partial charge in [0.1, 0.15) is 5.82 Å². The minimum absolute atomic E-state index is 0.761. The van der Waals surface area contributed by atoms with Crippen molar-refractivity contribution in [2.75, 3.05) is 4.90 Å². The van der Waals surface area contributed by atoms with Crippen molar-refractivity contribution >= 4 is 16.7 Å². The van der Waals surface area contributed by atoms with Gasteiger partial charge in [-0.2, -0.15) is 0 Å². The Balaban J connectivity index is 1.20. The van der Waals surface area contributed by atoms with Crippen LogP contribution in [0, 0.1) is 0 Å². The summed E-state index contributed by atoms with van der Waals surface area (Å²) in [6, 6.07) is 30.1. The smallest absolute Gasteiger partial charge is 0.129 e. The molecule has 196 valence electrons. The quantitative estimate of drug-likeness (QED) is 0.220. The number of rotatable bonds is 9. The van der Waals surface area contributed by atoms with Gasteiger partial charge in [-0.15, -0.1) is 0 Å². The fraction of sp³-hybridized carbons (Fsp3) is 0.265. The fourth-order valence-electron chi connectivity index (χ4n) is 5.39. The van der Waals surface area contributed by atoms with E-state index in [1.54, 1.807) is 0 Å². The molecule has 5 nitrogen and oxygen atoms in total. The molecule has 6 rings (SSSR count). The molecule has 0 amide bonds. The van der Waals surface area contributed by atoms with Crippen molar-refractivity contribution in [2.45, 2.75) is 58.3 Å². The molecule has 0 fully saturated rings. The van der Waals surface area contributed by atoms with E-state index in [2.05, 4.69) is 75.9 Å². The molecule has 39 heavy (non-hydrogen) atoms. The highest BCUT2D eigenvalue weighted by molar-refractivity contribution is 5.78. The van der Waals surface area contributed by atoms with Crippen LogP contribution in [0.25, 0.3) is 10.9 Å². The molecule has 0 aliphatic heterocycles. The summed E-state index contributed by atoms with van der Waals surface area (Å²) in [6.45, 7) is 3.13. The van der Waals surface area contributed by atoms with Crippen molar-refractivity contribution in [3.8, 4) is 0 Å². The predicted octanol–water partition coefficient (Wildman–Crippen LogP) is 6.79. The topological polar surface area (TPSA) is 53.9 Å². The zero-order valence-electron chi connectivity index (χ0n) is 22.4. The van der Waals surface area contributed by atoms with E-state index in [0.717, 1.165) is 56.0 Å². The first-order chi connectivity index (χ1) is 19.3. The van der Waals surface area contributed by atoms with Gasteiger partial charge in [0, 0.05) is 49.7 Å². The molecule has 5 heteroatoms. The number of nitrogens with zero attached hydrogens (tertiary/aromatic N) is 4. The molecule has 1 N–H and O–H groups in total. The van der Waals surface area contributed by atoms with E-state index in [9.17, 15) is 0 Å². The maximum absolute atomic E-state index is 5.20. The first-order valence-electron chi connectivity index (χ1n) is 14.1. The highest BCUT2D eigenvalue weighted by Gasteiger charge is 2.15. The molecule has 3 heterocycles. The van der Waals surface area contributed by atoms with E-state index in [1.807, 2.05) is 36.7 Å². The van der Waals surface area contributed by atoms with Gasteiger partial charge in [0.05, 0.1) is 11.2 Å². The van der Waals surface area contributed by atoms with Crippen molar-refractivity contribution in [1.29, 1.82) is 0 Å². The van der Waals surface area contributed by atoms with Gasteiger partial charge in [0.2, 0.25) is 0 Å². The Morgan fingerprint density at radius 2 is 1.51 bits per heavy atom. The number of aryl methyl sites for hydroxylation is 2. The molecule has 5 aromatic rings. The zero-order chi connectivity index (χ0) is 26.3. The number of fused-ring (bicyclic) bond motifs is 2. The highest BCUT2D eigenvalue weighted by atomic mass is 15.2. The zero-order valence-corrected chi connectivity index (χ0v) is 22.4. The summed E-state index contributed by atoms with van der Waals surface area (Å²) in [7, 11) is 0. The molecule has 0 saturated carbocycles. The molecule has 0 radical (unpaired) electrons. The fourth-order valence-corrected chi connectivity index (χ4v) is 5.39. The normalized spacial score (nSPS) is 13.1. The van der Waals surface area contributed by atoms with E-state index in [1.165, 1.54) is 52.6 Å². The molecule has 0 saturated heterocycles. The Kier molecular flexibility index (Phi) is 7.87. The Hall–Kier alpha value is -4.09. The Labute approximate surface area is 231 Å². The van der Waals surface area contributed by atoms with Gasteiger partial charge >= 0.3 is 0 Å². The third-order valence-corrected chi connectivity index (χ3v) is 7.52. The lowest BCUT2D eigenvalue weighted by Gasteiger charge is -2.25. The summed E-state index contributed by atoms with van der Waals surface area (Å²) < 4.78 is 0. The van der Waals surface area contributed by atoms with Gasteiger partial charge in [-0.3, -0.25) is 9.97 Å². The molecule has 1 aliphatic carbocycles. The average Bonchev–Trinajstić information content (AvgIpc) is 3.23. The van der Waals surface area contributed by atoms with Gasteiger partial charge in [0.15, 0.2) is 0 Å². The molecule has 3 aromatic heterocycles. The number of anilines is 1. The molecule has 0 spiro atoms. The van der Waals surface area contributed by atoms with E-state index < -0.39 is 0 Å². The first kappa shape index (κ1) is 25.2. The molecule has 0 unspecified atom stereocenters. The third-order valence-electron chi connectivity index (χ3n) is 7.52. The van der Waals surface area contributed by atoms with Gasteiger partial charge < -0.3 is 10.2 Å². The van der Waals surface area contributed by atoms with Gasteiger partial charge in [0.25, 0.3) is 0 Å². The van der Waals surface area contributed by atoms with E-state index in [-0.39, 0.29) is 0 Å². The van der Waals surface area contributed by atoms with Crippen LogP contribution in [0.5, 0.6) is 0 Å². The maximum Gasteiger partial charge on any atom is 0.129 e. The molecule has 0 bridgehead atoms. The van der Waals surface area contributed by atoms with Crippen molar-refractivity contribution in [3.63, 3.8) is 0 Å². The van der Waals surface area contributed by atoms with Gasteiger partial charge in [-0.05, 0) is 78.3 Å². The van der Waals surface area contributed by atoms with Crippen LogP contribution in [0.3, 0.4) is 0 Å². The van der Waals surface area contributed by atoms with Crippen LogP contribution in [0.4, 0.5) is 5.82 Å². The Morgan fingerprint density at radius 1 is 0.692 bits per heavy atom. The lowest BCUT2D eigenvalue weighted by atomic mass is 10.1. The van der Waals surface area contributed by atoms with Crippen molar-refractivity contribution in [2.24, 2.45) is 0 Å². The molecular weight excluding hydrogens is 478 g/mol. The lowest BCUT2D eigenvalue weighted by molar-refractivity contribution is 0.679. The summed E-state index contributed by atoms with van der Waals surface area (Å²) in [4.78, 5) is 16.7. The Bertz CT molecular complexity index is 1510. The SMILES string of the molecule is c1ccc(CNCc2ccc(CN(Cc3cnc4ccccc4c3)c3ccc4c(n3)CCCCC4)cc2)nc1. The van der Waals surface area contributed by atoms with Crippen LogP contribution in [-0.4, -0.2) is 15.0 Å². The van der Waals surface area contributed by atoms with Crippen LogP contribution in [0.1, 0.15) is 52.9 Å². The highest BCUT2D eigenvalue weighted by Crippen LogP contribution is 2.25. The Morgan fingerprint density at radius 3 is 2.41 bits per heavy atom. The summed E-state index contributed by atoms with van der Waals surface area (Å²) in [5.74, 6) is 1.05. The predicted molar refractivity (Wildman–Crippen MR) is 158 cm³/mol.